The molecule has 0 bridgehead atoms. The third-order valence-corrected chi connectivity index (χ3v) is 5.67. The predicted molar refractivity (Wildman–Crippen MR) is 115 cm³/mol. The van der Waals surface area contributed by atoms with Crippen molar-refractivity contribution in [2.75, 3.05) is 18.0 Å². The number of rotatable bonds is 5. The summed E-state index contributed by atoms with van der Waals surface area (Å²) in [5, 5.41) is 10.5. The highest BCUT2D eigenvalue weighted by Crippen LogP contribution is 2.26. The van der Waals surface area contributed by atoms with Gasteiger partial charge in [-0.1, -0.05) is 42.8 Å². The molecule has 1 saturated heterocycles. The molecule has 6 nitrogen and oxygen atoms in total. The van der Waals surface area contributed by atoms with Crippen molar-refractivity contribution in [3.05, 3.63) is 64.9 Å². The second kappa shape index (κ2) is 8.66. The number of hydrogen-bond donors (Lipinski definition) is 2. The van der Waals surface area contributed by atoms with Crippen molar-refractivity contribution in [3.63, 3.8) is 0 Å². The van der Waals surface area contributed by atoms with E-state index in [1.54, 1.807) is 12.1 Å². The largest absolute Gasteiger partial charge is 0.357 e. The Morgan fingerprint density at radius 2 is 2.03 bits per heavy atom. The van der Waals surface area contributed by atoms with Crippen LogP contribution in [0.3, 0.4) is 0 Å². The molecule has 150 valence electrons. The van der Waals surface area contributed by atoms with Gasteiger partial charge in [-0.05, 0) is 42.5 Å². The van der Waals surface area contributed by atoms with E-state index in [0.717, 1.165) is 36.0 Å². The quantitative estimate of drug-likeness (QED) is 0.659. The minimum atomic E-state index is -0.218. The molecule has 1 aliphatic rings. The number of nitrogens with one attached hydrogen (secondary N) is 2. The lowest BCUT2D eigenvalue weighted by atomic mass is 9.99. The number of aromatic nitrogens is 3. The number of nitrogens with zero attached hydrogens (tertiary/aromatic N) is 3. The molecule has 0 saturated carbocycles. The van der Waals surface area contributed by atoms with Crippen LogP contribution in [-0.2, 0) is 6.54 Å². The Morgan fingerprint density at radius 3 is 2.76 bits per heavy atom. The molecular weight excluding hydrogens is 386 g/mol. The van der Waals surface area contributed by atoms with Gasteiger partial charge in [0.1, 0.15) is 11.5 Å². The SMILES string of the molecule is CC1CCN(c2ccc(CNC(=O)c3cc(-c4ccccc4Cl)n[nH]3)cn2)CC1. The van der Waals surface area contributed by atoms with Gasteiger partial charge < -0.3 is 10.2 Å². The molecule has 0 unspecified atom stereocenters. The van der Waals surface area contributed by atoms with E-state index < -0.39 is 0 Å². The molecule has 29 heavy (non-hydrogen) atoms. The molecule has 1 fully saturated rings. The van der Waals surface area contributed by atoms with Crippen LogP contribution in [0.4, 0.5) is 5.82 Å². The molecule has 2 N–H and O–H groups in total. The Balaban J connectivity index is 1.35. The van der Waals surface area contributed by atoms with E-state index in [0.29, 0.717) is 23.0 Å². The number of piperidine rings is 1. The molecule has 1 aromatic carbocycles. The smallest absolute Gasteiger partial charge is 0.269 e. The fourth-order valence-corrected chi connectivity index (χ4v) is 3.70. The first-order valence-electron chi connectivity index (χ1n) is 9.88. The zero-order chi connectivity index (χ0) is 20.2. The van der Waals surface area contributed by atoms with Crippen molar-refractivity contribution in [1.82, 2.24) is 20.5 Å². The van der Waals surface area contributed by atoms with Crippen LogP contribution in [0.25, 0.3) is 11.3 Å². The number of carbonyl (C=O) groups excluding carboxylic acids is 1. The molecule has 7 heteroatoms. The number of anilines is 1. The summed E-state index contributed by atoms with van der Waals surface area (Å²) in [5.74, 6) is 1.58. The van der Waals surface area contributed by atoms with E-state index in [1.165, 1.54) is 12.8 Å². The highest BCUT2D eigenvalue weighted by molar-refractivity contribution is 6.33. The molecule has 2 aromatic heterocycles. The molecule has 3 heterocycles. The van der Waals surface area contributed by atoms with Gasteiger partial charge >= 0.3 is 0 Å². The number of H-pyrrole nitrogens is 1. The van der Waals surface area contributed by atoms with Crippen molar-refractivity contribution >= 4 is 23.3 Å². The monoisotopic (exact) mass is 409 g/mol. The first-order valence-corrected chi connectivity index (χ1v) is 10.3. The predicted octanol–water partition coefficient (Wildman–Crippen LogP) is 4.29. The van der Waals surface area contributed by atoms with E-state index in [4.69, 9.17) is 11.6 Å². The Kier molecular flexibility index (Phi) is 5.81. The number of halogens is 1. The van der Waals surface area contributed by atoms with Crippen molar-refractivity contribution in [2.45, 2.75) is 26.3 Å². The van der Waals surface area contributed by atoms with Gasteiger partial charge in [-0.2, -0.15) is 5.10 Å². The number of amides is 1. The van der Waals surface area contributed by atoms with Crippen LogP contribution in [0.1, 0.15) is 35.8 Å². The van der Waals surface area contributed by atoms with E-state index in [9.17, 15) is 4.79 Å². The third-order valence-electron chi connectivity index (χ3n) is 5.34. The van der Waals surface area contributed by atoms with Gasteiger partial charge in [-0.15, -0.1) is 0 Å². The van der Waals surface area contributed by atoms with Crippen LogP contribution < -0.4 is 10.2 Å². The maximum Gasteiger partial charge on any atom is 0.269 e. The van der Waals surface area contributed by atoms with Gasteiger partial charge in [0.05, 0.1) is 10.7 Å². The average molecular weight is 410 g/mol. The van der Waals surface area contributed by atoms with Crippen LogP contribution in [-0.4, -0.2) is 34.2 Å². The Bertz CT molecular complexity index is 977. The Labute approximate surface area is 175 Å². The number of hydrogen-bond acceptors (Lipinski definition) is 4. The van der Waals surface area contributed by atoms with Crippen LogP contribution in [0.2, 0.25) is 5.02 Å². The lowest BCUT2D eigenvalue weighted by Crippen LogP contribution is -2.33. The van der Waals surface area contributed by atoms with Crippen molar-refractivity contribution in [1.29, 1.82) is 0 Å². The van der Waals surface area contributed by atoms with Gasteiger partial charge in [0.2, 0.25) is 0 Å². The lowest BCUT2D eigenvalue weighted by molar-refractivity contribution is 0.0946. The van der Waals surface area contributed by atoms with Gasteiger partial charge in [0, 0.05) is 31.4 Å². The van der Waals surface area contributed by atoms with E-state index in [-0.39, 0.29) is 5.91 Å². The number of aromatic amines is 1. The zero-order valence-corrected chi connectivity index (χ0v) is 17.1. The van der Waals surface area contributed by atoms with Gasteiger partial charge in [0.15, 0.2) is 0 Å². The van der Waals surface area contributed by atoms with Gasteiger partial charge in [-0.25, -0.2) is 4.98 Å². The standard InChI is InChI=1S/C22H24ClN5O/c1-15-8-10-28(11-9-15)21-7-6-16(13-24-21)14-25-22(29)20-12-19(26-27-20)17-4-2-3-5-18(17)23/h2-7,12-13,15H,8-11,14H2,1H3,(H,25,29)(H,26,27). The summed E-state index contributed by atoms with van der Waals surface area (Å²) in [7, 11) is 0. The average Bonchev–Trinajstić information content (AvgIpc) is 3.23. The summed E-state index contributed by atoms with van der Waals surface area (Å²) in [4.78, 5) is 19.3. The first-order chi connectivity index (χ1) is 14.1. The molecule has 4 rings (SSSR count). The lowest BCUT2D eigenvalue weighted by Gasteiger charge is -2.31. The Morgan fingerprint density at radius 1 is 1.24 bits per heavy atom. The topological polar surface area (TPSA) is 73.9 Å². The highest BCUT2D eigenvalue weighted by atomic mass is 35.5. The minimum absolute atomic E-state index is 0.218. The molecule has 0 radical (unpaired) electrons. The summed E-state index contributed by atoms with van der Waals surface area (Å²) >= 11 is 6.20. The second-order valence-corrected chi connectivity index (χ2v) is 7.93. The van der Waals surface area contributed by atoms with Gasteiger partial charge in [0.25, 0.3) is 5.91 Å². The van der Waals surface area contributed by atoms with Gasteiger partial charge in [-0.3, -0.25) is 9.89 Å². The van der Waals surface area contributed by atoms with Crippen LogP contribution in [0, 0.1) is 5.92 Å². The summed E-state index contributed by atoms with van der Waals surface area (Å²) < 4.78 is 0. The van der Waals surface area contributed by atoms with E-state index >= 15 is 0 Å². The highest BCUT2D eigenvalue weighted by Gasteiger charge is 2.17. The van der Waals surface area contributed by atoms with Crippen molar-refractivity contribution < 1.29 is 4.79 Å². The number of pyridine rings is 1. The molecule has 0 aliphatic carbocycles. The van der Waals surface area contributed by atoms with E-state index in [1.807, 2.05) is 36.5 Å². The normalized spacial score (nSPS) is 14.8. The molecule has 0 atom stereocenters. The summed E-state index contributed by atoms with van der Waals surface area (Å²) in [6.07, 6.45) is 4.25. The minimum Gasteiger partial charge on any atom is -0.357 e. The number of carbonyl (C=O) groups is 1. The van der Waals surface area contributed by atoms with Crippen LogP contribution in [0.5, 0.6) is 0 Å². The summed E-state index contributed by atoms with van der Waals surface area (Å²) in [6.45, 7) is 4.81. The molecule has 1 aliphatic heterocycles. The number of benzene rings is 1. The van der Waals surface area contributed by atoms with E-state index in [2.05, 4.69) is 32.3 Å². The van der Waals surface area contributed by atoms with Crippen LogP contribution >= 0.6 is 11.6 Å². The first kappa shape index (κ1) is 19.5. The molecule has 0 spiro atoms. The molecule has 1 amide bonds. The maximum atomic E-state index is 12.4. The molecule has 3 aromatic rings. The second-order valence-electron chi connectivity index (χ2n) is 7.52. The van der Waals surface area contributed by atoms with Crippen LogP contribution in [0.15, 0.2) is 48.7 Å². The Hall–Kier alpha value is -2.86. The third kappa shape index (κ3) is 4.59. The molecular formula is C22H24ClN5O. The van der Waals surface area contributed by atoms with Crippen molar-refractivity contribution in [3.8, 4) is 11.3 Å². The summed E-state index contributed by atoms with van der Waals surface area (Å²) in [5.41, 5.74) is 2.78. The fourth-order valence-electron chi connectivity index (χ4n) is 3.47. The fraction of sp³-hybridized carbons (Fsp3) is 0.318. The van der Waals surface area contributed by atoms with Crippen molar-refractivity contribution in [2.24, 2.45) is 5.92 Å². The zero-order valence-electron chi connectivity index (χ0n) is 16.4. The summed E-state index contributed by atoms with van der Waals surface area (Å²) in [6, 6.07) is 13.2. The maximum absolute atomic E-state index is 12.4.